The molecular formula is C8H12N4O2. The van der Waals surface area contributed by atoms with E-state index in [0.29, 0.717) is 11.3 Å². The van der Waals surface area contributed by atoms with Crippen molar-refractivity contribution in [2.24, 2.45) is 0 Å². The summed E-state index contributed by atoms with van der Waals surface area (Å²) in [7, 11) is 1.48. The van der Waals surface area contributed by atoms with Crippen LogP contribution in [-0.4, -0.2) is 23.0 Å². The van der Waals surface area contributed by atoms with Gasteiger partial charge in [-0.15, -0.1) is 0 Å². The molecule has 1 aromatic rings. The largest absolute Gasteiger partial charge is 0.341 e. The Morgan fingerprint density at radius 1 is 1.43 bits per heavy atom. The van der Waals surface area contributed by atoms with Crippen LogP contribution in [0.5, 0.6) is 0 Å². The number of hydrogen-bond donors (Lipinski definition) is 3. The maximum Gasteiger partial charge on any atom is 0.321 e. The molecule has 1 rings (SSSR count). The number of nitrogens with one attached hydrogen (secondary N) is 3. The first-order chi connectivity index (χ1) is 6.54. The number of anilines is 1. The highest BCUT2D eigenvalue weighted by molar-refractivity contribution is 5.86. The molecule has 0 aliphatic rings. The van der Waals surface area contributed by atoms with E-state index in [1.54, 1.807) is 13.8 Å². The maximum atomic E-state index is 11.2. The molecule has 2 amide bonds. The van der Waals surface area contributed by atoms with Crippen LogP contribution in [0.25, 0.3) is 0 Å². The SMILES string of the molecule is CNC(=O)Nc1nc(=O)c(C)c(C)[nH]1. The Morgan fingerprint density at radius 3 is 2.57 bits per heavy atom. The molecule has 6 heteroatoms. The van der Waals surface area contributed by atoms with E-state index in [4.69, 9.17) is 0 Å². The van der Waals surface area contributed by atoms with Crippen LogP contribution in [0.15, 0.2) is 4.79 Å². The minimum Gasteiger partial charge on any atom is -0.341 e. The van der Waals surface area contributed by atoms with E-state index in [1.165, 1.54) is 7.05 Å². The fraction of sp³-hybridized carbons (Fsp3) is 0.375. The van der Waals surface area contributed by atoms with Crippen molar-refractivity contribution in [2.75, 3.05) is 12.4 Å². The van der Waals surface area contributed by atoms with Crippen molar-refractivity contribution in [3.05, 3.63) is 21.6 Å². The summed E-state index contributed by atoms with van der Waals surface area (Å²) in [6.45, 7) is 3.41. The predicted molar refractivity (Wildman–Crippen MR) is 52.4 cm³/mol. The summed E-state index contributed by atoms with van der Waals surface area (Å²) >= 11 is 0. The van der Waals surface area contributed by atoms with Gasteiger partial charge in [-0.3, -0.25) is 10.1 Å². The second-order valence-electron chi connectivity index (χ2n) is 2.84. The average Bonchev–Trinajstić information content (AvgIpc) is 2.14. The van der Waals surface area contributed by atoms with E-state index in [2.05, 4.69) is 20.6 Å². The second kappa shape index (κ2) is 3.91. The van der Waals surface area contributed by atoms with Gasteiger partial charge in [-0.2, -0.15) is 4.98 Å². The van der Waals surface area contributed by atoms with Gasteiger partial charge in [0.1, 0.15) is 0 Å². The van der Waals surface area contributed by atoms with Gasteiger partial charge in [0.2, 0.25) is 5.95 Å². The molecular weight excluding hydrogens is 184 g/mol. The van der Waals surface area contributed by atoms with Crippen molar-refractivity contribution in [2.45, 2.75) is 13.8 Å². The molecule has 0 saturated carbocycles. The molecule has 76 valence electrons. The summed E-state index contributed by atoms with van der Waals surface area (Å²) in [6, 6.07) is -0.420. The quantitative estimate of drug-likeness (QED) is 0.597. The molecule has 14 heavy (non-hydrogen) atoms. The zero-order valence-electron chi connectivity index (χ0n) is 8.26. The fourth-order valence-corrected chi connectivity index (χ4v) is 0.874. The van der Waals surface area contributed by atoms with Gasteiger partial charge in [-0.05, 0) is 13.8 Å². The Morgan fingerprint density at radius 2 is 2.07 bits per heavy atom. The first kappa shape index (κ1) is 10.2. The molecule has 0 aromatic carbocycles. The van der Waals surface area contributed by atoms with Crippen LogP contribution in [0, 0.1) is 13.8 Å². The van der Waals surface area contributed by atoms with Crippen molar-refractivity contribution in [1.29, 1.82) is 0 Å². The lowest BCUT2D eigenvalue weighted by Crippen LogP contribution is -2.27. The Kier molecular flexibility index (Phi) is 2.85. The lowest BCUT2D eigenvalue weighted by atomic mass is 10.3. The highest BCUT2D eigenvalue weighted by Gasteiger charge is 2.05. The first-order valence-electron chi connectivity index (χ1n) is 4.11. The van der Waals surface area contributed by atoms with Gasteiger partial charge in [-0.1, -0.05) is 0 Å². The molecule has 0 saturated heterocycles. The number of aromatic nitrogens is 2. The van der Waals surface area contributed by atoms with Crippen molar-refractivity contribution in [3.8, 4) is 0 Å². The Hall–Kier alpha value is -1.85. The first-order valence-corrected chi connectivity index (χ1v) is 4.11. The fourth-order valence-electron chi connectivity index (χ4n) is 0.874. The van der Waals surface area contributed by atoms with E-state index in [0.717, 1.165) is 0 Å². The molecule has 1 aromatic heterocycles. The van der Waals surface area contributed by atoms with Crippen LogP contribution in [0.2, 0.25) is 0 Å². The third kappa shape index (κ3) is 2.09. The molecule has 0 fully saturated rings. The van der Waals surface area contributed by atoms with Gasteiger partial charge < -0.3 is 10.3 Å². The van der Waals surface area contributed by atoms with Crippen LogP contribution in [0.1, 0.15) is 11.3 Å². The summed E-state index contributed by atoms with van der Waals surface area (Å²) in [4.78, 5) is 28.6. The summed E-state index contributed by atoms with van der Waals surface area (Å²) in [5, 5.41) is 4.74. The predicted octanol–water partition coefficient (Wildman–Crippen LogP) is 0.138. The molecule has 0 bridgehead atoms. The Bertz CT molecular complexity index is 410. The summed E-state index contributed by atoms with van der Waals surface area (Å²) in [6.07, 6.45) is 0. The Labute approximate surface area is 80.8 Å². The lowest BCUT2D eigenvalue weighted by molar-refractivity contribution is 0.254. The van der Waals surface area contributed by atoms with Gasteiger partial charge in [0.15, 0.2) is 0 Å². The lowest BCUT2D eigenvalue weighted by Gasteiger charge is -2.05. The number of aromatic amines is 1. The number of urea groups is 1. The van der Waals surface area contributed by atoms with Crippen molar-refractivity contribution in [1.82, 2.24) is 15.3 Å². The standard InChI is InChI=1S/C8H12N4O2/c1-4-5(2)10-7(11-6(4)13)12-8(14)9-3/h1-3H3,(H3,9,10,11,12,13,14). The number of rotatable bonds is 1. The number of aryl methyl sites for hydroxylation is 1. The van der Waals surface area contributed by atoms with E-state index < -0.39 is 6.03 Å². The van der Waals surface area contributed by atoms with E-state index >= 15 is 0 Å². The second-order valence-corrected chi connectivity index (χ2v) is 2.84. The molecule has 1 heterocycles. The van der Waals surface area contributed by atoms with Crippen LogP contribution >= 0.6 is 0 Å². The highest BCUT2D eigenvalue weighted by Crippen LogP contribution is 1.99. The Balaban J connectivity index is 3.01. The normalized spacial score (nSPS) is 9.64. The number of carbonyl (C=O) groups is 1. The minimum atomic E-state index is -0.420. The van der Waals surface area contributed by atoms with Crippen molar-refractivity contribution in [3.63, 3.8) is 0 Å². The molecule has 0 unspecified atom stereocenters. The molecule has 3 N–H and O–H groups in total. The number of nitrogens with zero attached hydrogens (tertiary/aromatic N) is 1. The van der Waals surface area contributed by atoms with Crippen LogP contribution in [0.3, 0.4) is 0 Å². The van der Waals surface area contributed by atoms with Crippen LogP contribution < -0.4 is 16.2 Å². The maximum absolute atomic E-state index is 11.2. The van der Waals surface area contributed by atoms with Crippen molar-refractivity contribution < 1.29 is 4.79 Å². The smallest absolute Gasteiger partial charge is 0.321 e. The average molecular weight is 196 g/mol. The van der Waals surface area contributed by atoms with Gasteiger partial charge >= 0.3 is 6.03 Å². The minimum absolute atomic E-state index is 0.150. The third-order valence-electron chi connectivity index (χ3n) is 1.86. The van der Waals surface area contributed by atoms with Gasteiger partial charge in [-0.25, -0.2) is 4.79 Å². The number of hydrogen-bond acceptors (Lipinski definition) is 3. The highest BCUT2D eigenvalue weighted by atomic mass is 16.2. The number of amides is 2. The van der Waals surface area contributed by atoms with Crippen LogP contribution in [0.4, 0.5) is 10.7 Å². The van der Waals surface area contributed by atoms with E-state index in [9.17, 15) is 9.59 Å². The van der Waals surface area contributed by atoms with E-state index in [-0.39, 0.29) is 11.5 Å². The summed E-state index contributed by atoms with van der Waals surface area (Å²) in [5.74, 6) is 0.150. The molecule has 0 aliphatic carbocycles. The third-order valence-corrected chi connectivity index (χ3v) is 1.86. The zero-order valence-corrected chi connectivity index (χ0v) is 8.26. The molecule has 0 aliphatic heterocycles. The molecule has 0 spiro atoms. The monoisotopic (exact) mass is 196 g/mol. The van der Waals surface area contributed by atoms with Crippen molar-refractivity contribution >= 4 is 12.0 Å². The number of H-pyrrole nitrogens is 1. The number of carbonyl (C=O) groups excluding carboxylic acids is 1. The van der Waals surface area contributed by atoms with E-state index in [1.807, 2.05) is 0 Å². The zero-order chi connectivity index (χ0) is 10.7. The summed E-state index contributed by atoms with van der Waals surface area (Å²) < 4.78 is 0. The van der Waals surface area contributed by atoms with Gasteiger partial charge in [0.05, 0.1) is 0 Å². The van der Waals surface area contributed by atoms with Crippen LogP contribution in [-0.2, 0) is 0 Å². The topological polar surface area (TPSA) is 86.9 Å². The molecule has 0 radical (unpaired) electrons. The van der Waals surface area contributed by atoms with Gasteiger partial charge in [0.25, 0.3) is 5.56 Å². The van der Waals surface area contributed by atoms with Gasteiger partial charge in [0, 0.05) is 18.3 Å². The summed E-state index contributed by atoms with van der Waals surface area (Å²) in [5.41, 5.74) is 0.900. The molecule has 6 nitrogen and oxygen atoms in total. The molecule has 0 atom stereocenters.